The van der Waals surface area contributed by atoms with Crippen molar-refractivity contribution in [3.8, 4) is 0 Å². The highest BCUT2D eigenvalue weighted by Gasteiger charge is 2.37. The summed E-state index contributed by atoms with van der Waals surface area (Å²) >= 11 is 6.21. The lowest BCUT2D eigenvalue weighted by Crippen LogP contribution is -2.55. The molecule has 8 heteroatoms. The van der Waals surface area contributed by atoms with Gasteiger partial charge in [0.05, 0.1) is 28.0 Å². The minimum atomic E-state index is -0.562. The molecular weight excluding hydrogens is 356 g/mol. The summed E-state index contributed by atoms with van der Waals surface area (Å²) in [5.41, 5.74) is 5.77. The van der Waals surface area contributed by atoms with Crippen molar-refractivity contribution in [2.45, 2.75) is 45.4 Å². The van der Waals surface area contributed by atoms with Gasteiger partial charge in [0.15, 0.2) is 0 Å². The quantitative estimate of drug-likeness (QED) is 0.867. The number of likely N-dealkylation sites (tertiary alicyclic amines) is 1. The molecule has 1 aromatic heterocycles. The average molecular weight is 379 g/mol. The number of rotatable bonds is 2. The van der Waals surface area contributed by atoms with Gasteiger partial charge in [-0.2, -0.15) is 0 Å². The molecule has 2 N–H and O–H groups in total. The Bertz CT molecular complexity index is 911. The molecule has 3 rings (SSSR count). The Morgan fingerprint density at radius 3 is 2.62 bits per heavy atom. The molecule has 26 heavy (non-hydrogen) atoms. The monoisotopic (exact) mass is 378 g/mol. The zero-order valence-corrected chi connectivity index (χ0v) is 16.1. The van der Waals surface area contributed by atoms with Gasteiger partial charge < -0.3 is 15.4 Å². The highest BCUT2D eigenvalue weighted by Crippen LogP contribution is 2.27. The van der Waals surface area contributed by atoms with Crippen LogP contribution in [-0.4, -0.2) is 39.2 Å². The normalized spacial score (nSPS) is 16.5. The first-order chi connectivity index (χ1) is 12.1. The van der Waals surface area contributed by atoms with Crippen molar-refractivity contribution >= 4 is 28.6 Å². The SMILES string of the molecule is CC(N)c1nc2cccc(Cl)c2c(=O)n1C1CN(C(=O)OC(C)(C)C)C1. The van der Waals surface area contributed by atoms with Crippen LogP contribution in [0.4, 0.5) is 4.79 Å². The summed E-state index contributed by atoms with van der Waals surface area (Å²) in [6.45, 7) is 7.96. The van der Waals surface area contributed by atoms with Crippen LogP contribution in [0.1, 0.15) is 45.6 Å². The van der Waals surface area contributed by atoms with Gasteiger partial charge >= 0.3 is 6.09 Å². The van der Waals surface area contributed by atoms with Gasteiger partial charge in [-0.15, -0.1) is 0 Å². The predicted octanol–water partition coefficient (Wildman–Crippen LogP) is 2.86. The number of hydrogen-bond acceptors (Lipinski definition) is 5. The summed E-state index contributed by atoms with van der Waals surface area (Å²) in [6, 6.07) is 4.52. The van der Waals surface area contributed by atoms with Crippen molar-refractivity contribution in [1.82, 2.24) is 14.5 Å². The molecule has 0 saturated carbocycles. The number of nitrogens with zero attached hydrogens (tertiary/aromatic N) is 3. The van der Waals surface area contributed by atoms with Crippen LogP contribution in [0, 0.1) is 0 Å². The molecule has 1 aromatic carbocycles. The van der Waals surface area contributed by atoms with Gasteiger partial charge in [0.1, 0.15) is 11.4 Å². The van der Waals surface area contributed by atoms with E-state index in [1.807, 2.05) is 20.8 Å². The zero-order chi connectivity index (χ0) is 19.2. The molecule has 0 spiro atoms. The Labute approximate surface area is 156 Å². The van der Waals surface area contributed by atoms with E-state index >= 15 is 0 Å². The first-order valence-electron chi connectivity index (χ1n) is 8.52. The summed E-state index contributed by atoms with van der Waals surface area (Å²) in [5.74, 6) is 0.485. The van der Waals surface area contributed by atoms with Gasteiger partial charge in [-0.05, 0) is 39.8 Å². The second-order valence-electron chi connectivity index (χ2n) is 7.61. The highest BCUT2D eigenvalue weighted by atomic mass is 35.5. The van der Waals surface area contributed by atoms with Crippen LogP contribution in [-0.2, 0) is 4.74 Å². The molecule has 2 heterocycles. The van der Waals surface area contributed by atoms with Gasteiger partial charge in [0.2, 0.25) is 0 Å². The Kier molecular flexibility index (Phi) is 4.71. The number of carbonyl (C=O) groups is 1. The standard InChI is InChI=1S/C18H23ClN4O3/c1-10(20)15-21-13-7-5-6-12(19)14(13)16(24)23(15)11-8-22(9-11)17(25)26-18(2,3)4/h5-7,10-11H,8-9,20H2,1-4H3. The fraction of sp³-hybridized carbons (Fsp3) is 0.500. The molecule has 1 aliphatic heterocycles. The number of amides is 1. The van der Waals surface area contributed by atoms with E-state index in [1.54, 1.807) is 34.6 Å². The summed E-state index contributed by atoms with van der Waals surface area (Å²) < 4.78 is 6.93. The Balaban J connectivity index is 1.95. The summed E-state index contributed by atoms with van der Waals surface area (Å²) in [4.78, 5) is 31.3. The van der Waals surface area contributed by atoms with E-state index < -0.39 is 17.7 Å². The summed E-state index contributed by atoms with van der Waals surface area (Å²) in [5, 5.41) is 0.725. The van der Waals surface area contributed by atoms with Gasteiger partial charge in [-0.1, -0.05) is 17.7 Å². The highest BCUT2D eigenvalue weighted by molar-refractivity contribution is 6.35. The molecule has 1 saturated heterocycles. The second-order valence-corrected chi connectivity index (χ2v) is 8.01. The van der Waals surface area contributed by atoms with Crippen molar-refractivity contribution in [1.29, 1.82) is 0 Å². The fourth-order valence-corrected chi connectivity index (χ4v) is 3.24. The molecule has 2 aromatic rings. The maximum atomic E-state index is 13.1. The lowest BCUT2D eigenvalue weighted by Gasteiger charge is -2.41. The number of fused-ring (bicyclic) bond motifs is 1. The van der Waals surface area contributed by atoms with E-state index in [0.29, 0.717) is 34.8 Å². The lowest BCUT2D eigenvalue weighted by atomic mass is 10.1. The van der Waals surface area contributed by atoms with Crippen LogP contribution in [0.15, 0.2) is 23.0 Å². The van der Waals surface area contributed by atoms with Gasteiger partial charge in [-0.3, -0.25) is 9.36 Å². The molecule has 1 amide bonds. The molecule has 0 aliphatic carbocycles. The van der Waals surface area contributed by atoms with Crippen molar-refractivity contribution in [3.05, 3.63) is 39.4 Å². The molecule has 0 radical (unpaired) electrons. The molecule has 1 aliphatic rings. The number of aromatic nitrogens is 2. The molecule has 7 nitrogen and oxygen atoms in total. The van der Waals surface area contributed by atoms with E-state index in [1.165, 1.54) is 0 Å². The smallest absolute Gasteiger partial charge is 0.410 e. The third-order valence-corrected chi connectivity index (χ3v) is 4.51. The molecule has 140 valence electrons. The minimum Gasteiger partial charge on any atom is -0.444 e. The number of nitrogens with two attached hydrogens (primary N) is 1. The predicted molar refractivity (Wildman–Crippen MR) is 100 cm³/mol. The molecule has 1 atom stereocenters. The molecular formula is C18H23ClN4O3. The first-order valence-corrected chi connectivity index (χ1v) is 8.90. The maximum absolute atomic E-state index is 13.1. The van der Waals surface area contributed by atoms with Crippen molar-refractivity contribution in [3.63, 3.8) is 0 Å². The van der Waals surface area contributed by atoms with Crippen LogP contribution in [0.5, 0.6) is 0 Å². The number of halogens is 1. The third-order valence-electron chi connectivity index (χ3n) is 4.19. The lowest BCUT2D eigenvalue weighted by molar-refractivity contribution is 0.000144. The first kappa shape index (κ1) is 18.7. The molecule has 1 unspecified atom stereocenters. The maximum Gasteiger partial charge on any atom is 0.410 e. The van der Waals surface area contributed by atoms with E-state index in [2.05, 4.69) is 4.98 Å². The number of ether oxygens (including phenoxy) is 1. The van der Waals surface area contributed by atoms with Crippen LogP contribution >= 0.6 is 11.6 Å². The van der Waals surface area contributed by atoms with Gasteiger partial charge in [0, 0.05) is 13.1 Å². The van der Waals surface area contributed by atoms with Crippen molar-refractivity contribution in [2.24, 2.45) is 5.73 Å². The van der Waals surface area contributed by atoms with Crippen molar-refractivity contribution in [2.75, 3.05) is 13.1 Å². The Morgan fingerprint density at radius 2 is 2.04 bits per heavy atom. The van der Waals surface area contributed by atoms with Crippen LogP contribution in [0.25, 0.3) is 10.9 Å². The third kappa shape index (κ3) is 3.41. The minimum absolute atomic E-state index is 0.204. The topological polar surface area (TPSA) is 90.5 Å². The second kappa shape index (κ2) is 6.55. The largest absolute Gasteiger partial charge is 0.444 e. The number of carbonyl (C=O) groups excluding carboxylic acids is 1. The van der Waals surface area contributed by atoms with Crippen molar-refractivity contribution < 1.29 is 9.53 Å². The van der Waals surface area contributed by atoms with E-state index in [-0.39, 0.29) is 11.6 Å². The van der Waals surface area contributed by atoms with Crippen LogP contribution in [0.2, 0.25) is 5.02 Å². The summed E-state index contributed by atoms with van der Waals surface area (Å²) in [6.07, 6.45) is -0.393. The number of hydrogen-bond donors (Lipinski definition) is 1. The van der Waals surface area contributed by atoms with Crippen LogP contribution < -0.4 is 11.3 Å². The molecule has 0 bridgehead atoms. The van der Waals surface area contributed by atoms with E-state index in [9.17, 15) is 9.59 Å². The van der Waals surface area contributed by atoms with Crippen LogP contribution in [0.3, 0.4) is 0 Å². The van der Waals surface area contributed by atoms with E-state index in [0.717, 1.165) is 0 Å². The van der Waals surface area contributed by atoms with Gasteiger partial charge in [0.25, 0.3) is 5.56 Å². The molecule has 1 fully saturated rings. The zero-order valence-electron chi connectivity index (χ0n) is 15.3. The average Bonchev–Trinajstić information content (AvgIpc) is 2.45. The Hall–Kier alpha value is -2.12. The fourth-order valence-electron chi connectivity index (χ4n) is 2.99. The number of benzene rings is 1. The summed E-state index contributed by atoms with van der Waals surface area (Å²) in [7, 11) is 0. The van der Waals surface area contributed by atoms with Gasteiger partial charge in [-0.25, -0.2) is 9.78 Å². The Morgan fingerprint density at radius 1 is 1.38 bits per heavy atom. The van der Waals surface area contributed by atoms with E-state index in [4.69, 9.17) is 22.1 Å².